The Balaban J connectivity index is 1.68. The molecule has 3 aromatic heterocycles. The van der Waals surface area contributed by atoms with Crippen molar-refractivity contribution in [3.8, 4) is 11.3 Å². The monoisotopic (exact) mass is 421 g/mol. The first-order valence-corrected chi connectivity index (χ1v) is 11.5. The van der Waals surface area contributed by atoms with Gasteiger partial charge in [-0.3, -0.25) is 4.98 Å². The highest BCUT2D eigenvalue weighted by Gasteiger charge is 2.21. The molecule has 3 heteroatoms. The normalized spacial score (nSPS) is 12.5. The molecule has 0 atom stereocenters. The number of hydrogen-bond donors (Lipinski definition) is 0. The van der Waals surface area contributed by atoms with Gasteiger partial charge < -0.3 is 4.42 Å². The van der Waals surface area contributed by atoms with Gasteiger partial charge in [-0.2, -0.15) is 0 Å². The fourth-order valence-electron chi connectivity index (χ4n) is 4.62. The molecule has 0 saturated heterocycles. The van der Waals surface area contributed by atoms with Crippen LogP contribution in [0.2, 0.25) is 0 Å². The molecular weight excluding hydrogens is 398 g/mol. The lowest BCUT2D eigenvalue weighted by Gasteiger charge is -2.22. The summed E-state index contributed by atoms with van der Waals surface area (Å²) in [6.45, 7) is 8.97. The van der Waals surface area contributed by atoms with E-state index in [4.69, 9.17) is 9.40 Å². The van der Waals surface area contributed by atoms with Crippen LogP contribution in [0.1, 0.15) is 31.9 Å². The summed E-state index contributed by atoms with van der Waals surface area (Å²) in [5.41, 5.74) is 6.47. The molecule has 3 heterocycles. The lowest BCUT2D eigenvalue weighted by Crippen LogP contribution is -2.12. The van der Waals surface area contributed by atoms with Crippen LogP contribution in [0.3, 0.4) is 0 Å². The quantitative estimate of drug-likeness (QED) is 0.265. The van der Waals surface area contributed by atoms with Crippen molar-refractivity contribution in [1.29, 1.82) is 0 Å². The third kappa shape index (κ3) is 2.80. The number of rotatable bonds is 1. The Bertz CT molecular complexity index is 1630. The maximum atomic E-state index is 6.44. The van der Waals surface area contributed by atoms with Crippen molar-refractivity contribution in [2.24, 2.45) is 0 Å². The summed E-state index contributed by atoms with van der Waals surface area (Å²) in [5, 5.41) is 8.32. The highest BCUT2D eigenvalue weighted by molar-refractivity contribution is 7.17. The van der Waals surface area contributed by atoms with E-state index < -0.39 is 0 Å². The van der Waals surface area contributed by atoms with Gasteiger partial charge in [-0.1, -0.05) is 45.0 Å². The Morgan fingerprint density at radius 2 is 1.71 bits per heavy atom. The number of aryl methyl sites for hydroxylation is 1. The summed E-state index contributed by atoms with van der Waals surface area (Å²) in [5.74, 6) is 0. The van der Waals surface area contributed by atoms with Gasteiger partial charge >= 0.3 is 0 Å². The first kappa shape index (κ1) is 18.6. The van der Waals surface area contributed by atoms with Gasteiger partial charge in [-0.25, -0.2) is 0 Å². The lowest BCUT2D eigenvalue weighted by molar-refractivity contribution is 0.596. The molecule has 0 aliphatic carbocycles. The van der Waals surface area contributed by atoms with Crippen LogP contribution >= 0.6 is 11.3 Å². The SMILES string of the molecule is Cc1csc2cc3oc4c(-c5cc(C(C)(C)C)c6ccccc6c5)nccc4c3cc12. The number of fused-ring (bicyclic) bond motifs is 5. The largest absolute Gasteiger partial charge is 0.454 e. The van der Waals surface area contributed by atoms with Crippen LogP contribution in [0, 0.1) is 6.92 Å². The van der Waals surface area contributed by atoms with Crippen LogP contribution in [0.4, 0.5) is 0 Å². The van der Waals surface area contributed by atoms with Crippen LogP contribution in [-0.4, -0.2) is 4.98 Å². The van der Waals surface area contributed by atoms with Crippen molar-refractivity contribution < 1.29 is 4.42 Å². The Labute approximate surface area is 185 Å². The molecular formula is C28H23NOS. The molecule has 3 aromatic carbocycles. The van der Waals surface area contributed by atoms with Crippen molar-refractivity contribution in [1.82, 2.24) is 4.98 Å². The zero-order valence-corrected chi connectivity index (χ0v) is 18.9. The molecule has 0 saturated carbocycles. The Morgan fingerprint density at radius 1 is 0.871 bits per heavy atom. The van der Waals surface area contributed by atoms with Crippen molar-refractivity contribution in [3.05, 3.63) is 77.3 Å². The minimum absolute atomic E-state index is 0.0271. The van der Waals surface area contributed by atoms with Gasteiger partial charge in [0.05, 0.1) is 0 Å². The minimum Gasteiger partial charge on any atom is -0.454 e. The van der Waals surface area contributed by atoms with Gasteiger partial charge in [-0.15, -0.1) is 11.3 Å². The summed E-state index contributed by atoms with van der Waals surface area (Å²) in [6, 6.07) is 19.7. The maximum absolute atomic E-state index is 6.44. The van der Waals surface area contributed by atoms with Crippen molar-refractivity contribution in [2.45, 2.75) is 33.1 Å². The number of hydrogen-bond acceptors (Lipinski definition) is 3. The summed E-state index contributed by atoms with van der Waals surface area (Å²) in [7, 11) is 0. The fourth-order valence-corrected chi connectivity index (χ4v) is 5.58. The Kier molecular flexibility index (Phi) is 3.85. The molecule has 6 aromatic rings. The number of pyridine rings is 1. The standard InChI is InChI=1S/C28H23NOS/c1-16-15-31-25-14-24-22(13-21(16)25)20-9-10-29-26(27(20)30-24)18-11-17-7-5-6-8-19(17)23(12-18)28(2,3)4/h5-15H,1-4H3. The summed E-state index contributed by atoms with van der Waals surface area (Å²) < 4.78 is 7.70. The van der Waals surface area contributed by atoms with Crippen LogP contribution in [0.25, 0.3) is 54.1 Å². The van der Waals surface area contributed by atoms with E-state index in [9.17, 15) is 0 Å². The fraction of sp³-hybridized carbons (Fsp3) is 0.179. The van der Waals surface area contributed by atoms with E-state index in [0.29, 0.717) is 0 Å². The number of aromatic nitrogens is 1. The predicted molar refractivity (Wildman–Crippen MR) is 133 cm³/mol. The Hall–Kier alpha value is -3.17. The first-order valence-electron chi connectivity index (χ1n) is 10.6. The number of benzene rings is 3. The molecule has 31 heavy (non-hydrogen) atoms. The van der Waals surface area contributed by atoms with Gasteiger partial charge in [0.25, 0.3) is 0 Å². The molecule has 0 spiro atoms. The topological polar surface area (TPSA) is 26.0 Å². The van der Waals surface area contributed by atoms with Crippen LogP contribution in [0.5, 0.6) is 0 Å². The van der Waals surface area contributed by atoms with E-state index in [1.807, 2.05) is 6.20 Å². The lowest BCUT2D eigenvalue weighted by atomic mass is 9.82. The molecule has 0 unspecified atom stereocenters. The summed E-state index contributed by atoms with van der Waals surface area (Å²) in [4.78, 5) is 4.79. The van der Waals surface area contributed by atoms with E-state index in [2.05, 4.69) is 87.7 Å². The number of thiophene rings is 1. The average molecular weight is 422 g/mol. The molecule has 2 nitrogen and oxygen atoms in total. The van der Waals surface area contributed by atoms with Crippen molar-refractivity contribution in [3.63, 3.8) is 0 Å². The second-order valence-electron chi connectivity index (χ2n) is 9.40. The smallest absolute Gasteiger partial charge is 0.161 e. The van der Waals surface area contributed by atoms with Crippen molar-refractivity contribution >= 4 is 54.1 Å². The zero-order valence-electron chi connectivity index (χ0n) is 18.1. The zero-order chi connectivity index (χ0) is 21.3. The van der Waals surface area contributed by atoms with Gasteiger partial charge in [-0.05, 0) is 75.3 Å². The molecule has 0 radical (unpaired) electrons. The van der Waals surface area contributed by atoms with E-state index in [-0.39, 0.29) is 5.41 Å². The molecule has 0 aliphatic heterocycles. The average Bonchev–Trinajstić information content (AvgIpc) is 3.30. The number of nitrogens with zero attached hydrogens (tertiary/aromatic N) is 1. The predicted octanol–water partition coefficient (Wildman–Crippen LogP) is 8.62. The van der Waals surface area contributed by atoms with Crippen LogP contribution in [-0.2, 0) is 5.41 Å². The van der Waals surface area contributed by atoms with E-state index in [0.717, 1.165) is 33.2 Å². The van der Waals surface area contributed by atoms with Gasteiger partial charge in [0.1, 0.15) is 11.3 Å². The molecule has 0 amide bonds. The maximum Gasteiger partial charge on any atom is 0.161 e. The third-order valence-corrected chi connectivity index (χ3v) is 7.28. The summed E-state index contributed by atoms with van der Waals surface area (Å²) in [6.07, 6.45) is 1.91. The highest BCUT2D eigenvalue weighted by Crippen LogP contribution is 2.40. The number of furan rings is 1. The van der Waals surface area contributed by atoms with Crippen molar-refractivity contribution in [2.75, 3.05) is 0 Å². The molecule has 0 bridgehead atoms. The van der Waals surface area contributed by atoms with Gasteiger partial charge in [0, 0.05) is 27.2 Å². The minimum atomic E-state index is 0.0271. The Morgan fingerprint density at radius 3 is 2.55 bits per heavy atom. The molecule has 152 valence electrons. The van der Waals surface area contributed by atoms with E-state index >= 15 is 0 Å². The second-order valence-corrected chi connectivity index (χ2v) is 10.3. The molecule has 6 rings (SSSR count). The third-order valence-electron chi connectivity index (χ3n) is 6.22. The van der Waals surface area contributed by atoms with Gasteiger partial charge in [0.2, 0.25) is 0 Å². The first-order chi connectivity index (χ1) is 14.9. The van der Waals surface area contributed by atoms with E-state index in [1.54, 1.807) is 11.3 Å². The molecule has 0 fully saturated rings. The highest BCUT2D eigenvalue weighted by atomic mass is 32.1. The van der Waals surface area contributed by atoms with Gasteiger partial charge in [0.15, 0.2) is 5.58 Å². The summed E-state index contributed by atoms with van der Waals surface area (Å²) >= 11 is 1.77. The molecule has 0 aliphatic rings. The second kappa shape index (κ2) is 6.41. The van der Waals surface area contributed by atoms with Crippen LogP contribution in [0.15, 0.2) is 70.6 Å². The molecule has 0 N–H and O–H groups in total. The van der Waals surface area contributed by atoms with Crippen LogP contribution < -0.4 is 0 Å². The van der Waals surface area contributed by atoms with E-state index in [1.165, 1.54) is 32.0 Å².